The van der Waals surface area contributed by atoms with Gasteiger partial charge in [-0.1, -0.05) is 0 Å². The van der Waals surface area contributed by atoms with E-state index in [-0.39, 0.29) is 11.3 Å². The number of benzene rings is 2. The fourth-order valence-electron chi connectivity index (χ4n) is 2.41. The van der Waals surface area contributed by atoms with E-state index in [2.05, 4.69) is 4.98 Å². The molecule has 0 aliphatic carbocycles. The third-order valence-electron chi connectivity index (χ3n) is 3.72. The van der Waals surface area contributed by atoms with Crippen molar-refractivity contribution < 1.29 is 9.18 Å². The molecule has 3 rings (SSSR count). The molecule has 0 saturated heterocycles. The van der Waals surface area contributed by atoms with Gasteiger partial charge in [-0.05, 0) is 48.5 Å². The molecule has 126 valence electrons. The number of nitrogens with zero attached hydrogens (tertiary/aromatic N) is 1. The van der Waals surface area contributed by atoms with Crippen molar-refractivity contribution in [3.05, 3.63) is 82.0 Å². The number of fused-ring (bicyclic) bond motifs is 1. The molecule has 3 aromatic rings. The van der Waals surface area contributed by atoms with Crippen LogP contribution in [0.5, 0.6) is 0 Å². The maximum atomic E-state index is 13.4. The average Bonchev–Trinajstić information content (AvgIpc) is 2.61. The van der Waals surface area contributed by atoms with Crippen LogP contribution in [0.2, 0.25) is 0 Å². The van der Waals surface area contributed by atoms with Crippen LogP contribution in [0.15, 0.2) is 59.5 Å². The molecule has 0 aliphatic heterocycles. The third-order valence-corrected chi connectivity index (χ3v) is 3.72. The van der Waals surface area contributed by atoms with E-state index < -0.39 is 11.4 Å². The second kappa shape index (κ2) is 6.58. The Labute approximate surface area is 142 Å². The van der Waals surface area contributed by atoms with Crippen LogP contribution in [0.3, 0.4) is 0 Å². The number of nitrogens with two attached hydrogens (primary N) is 2. The van der Waals surface area contributed by atoms with Crippen molar-refractivity contribution in [2.24, 2.45) is 11.6 Å². The number of hydrogen-bond donors (Lipinski definition) is 3. The van der Waals surface area contributed by atoms with Gasteiger partial charge in [-0.2, -0.15) is 0 Å². The number of carbonyl (C=O) groups excluding carboxylic acids is 1. The van der Waals surface area contributed by atoms with Gasteiger partial charge in [0, 0.05) is 22.7 Å². The summed E-state index contributed by atoms with van der Waals surface area (Å²) >= 11 is 0. The SMILES string of the molecule is N/C(=C\N(N)c1ccc(C=O)cc1)c1cc2cc(F)ccc2[nH]c1=O. The molecule has 0 fully saturated rings. The molecule has 0 saturated carbocycles. The summed E-state index contributed by atoms with van der Waals surface area (Å²) in [5.74, 6) is 5.51. The minimum Gasteiger partial charge on any atom is -0.397 e. The van der Waals surface area contributed by atoms with Crippen LogP contribution in [-0.4, -0.2) is 11.3 Å². The first-order valence-corrected chi connectivity index (χ1v) is 7.37. The number of carbonyl (C=O) groups is 1. The third kappa shape index (κ3) is 3.41. The smallest absolute Gasteiger partial charge is 0.257 e. The molecule has 0 amide bonds. The number of aromatic amines is 1. The predicted molar refractivity (Wildman–Crippen MR) is 95.2 cm³/mol. The van der Waals surface area contributed by atoms with Gasteiger partial charge >= 0.3 is 0 Å². The molecular formula is C18H15FN4O2. The number of H-pyrrole nitrogens is 1. The van der Waals surface area contributed by atoms with Crippen molar-refractivity contribution in [2.45, 2.75) is 0 Å². The molecule has 0 spiro atoms. The molecule has 0 aliphatic rings. The lowest BCUT2D eigenvalue weighted by molar-refractivity contribution is 0.112. The van der Waals surface area contributed by atoms with E-state index in [1.807, 2.05) is 0 Å². The Morgan fingerprint density at radius 1 is 1.12 bits per heavy atom. The van der Waals surface area contributed by atoms with Gasteiger partial charge in [0.25, 0.3) is 5.56 Å². The van der Waals surface area contributed by atoms with Crippen LogP contribution >= 0.6 is 0 Å². The Morgan fingerprint density at radius 3 is 2.52 bits per heavy atom. The molecule has 0 bridgehead atoms. The van der Waals surface area contributed by atoms with Gasteiger partial charge in [0.05, 0.1) is 16.9 Å². The van der Waals surface area contributed by atoms with Crippen LogP contribution in [0.4, 0.5) is 10.1 Å². The quantitative estimate of drug-likeness (QED) is 0.384. The lowest BCUT2D eigenvalue weighted by Gasteiger charge is -2.15. The van der Waals surface area contributed by atoms with Gasteiger partial charge in [-0.25, -0.2) is 10.2 Å². The number of hydrazine groups is 1. The molecule has 0 atom stereocenters. The fraction of sp³-hybridized carbons (Fsp3) is 0. The summed E-state index contributed by atoms with van der Waals surface area (Å²) in [4.78, 5) is 25.5. The molecule has 7 heteroatoms. The summed E-state index contributed by atoms with van der Waals surface area (Å²) in [6, 6.07) is 12.1. The maximum absolute atomic E-state index is 13.4. The predicted octanol–water partition coefficient (Wildman–Crippen LogP) is 2.12. The van der Waals surface area contributed by atoms with E-state index in [9.17, 15) is 14.0 Å². The lowest BCUT2D eigenvalue weighted by Crippen LogP contribution is -2.26. The average molecular weight is 338 g/mol. The lowest BCUT2D eigenvalue weighted by atomic mass is 10.1. The van der Waals surface area contributed by atoms with Crippen molar-refractivity contribution >= 4 is 28.6 Å². The molecule has 1 aromatic heterocycles. The Morgan fingerprint density at radius 2 is 1.84 bits per heavy atom. The molecule has 6 nitrogen and oxygen atoms in total. The number of anilines is 1. The van der Waals surface area contributed by atoms with E-state index in [1.54, 1.807) is 24.3 Å². The van der Waals surface area contributed by atoms with Gasteiger partial charge in [0.2, 0.25) is 0 Å². The topological polar surface area (TPSA) is 105 Å². The highest BCUT2D eigenvalue weighted by Crippen LogP contribution is 2.17. The Hall–Kier alpha value is -3.45. The monoisotopic (exact) mass is 338 g/mol. The molecule has 5 N–H and O–H groups in total. The van der Waals surface area contributed by atoms with Crippen LogP contribution in [0, 0.1) is 5.82 Å². The van der Waals surface area contributed by atoms with Gasteiger partial charge in [0.15, 0.2) is 0 Å². The van der Waals surface area contributed by atoms with E-state index in [4.69, 9.17) is 11.6 Å². The van der Waals surface area contributed by atoms with Crippen LogP contribution in [0.25, 0.3) is 16.6 Å². The van der Waals surface area contributed by atoms with Gasteiger partial charge < -0.3 is 10.7 Å². The highest BCUT2D eigenvalue weighted by Gasteiger charge is 2.08. The van der Waals surface area contributed by atoms with Gasteiger partial charge in [0.1, 0.15) is 12.1 Å². The highest BCUT2D eigenvalue weighted by atomic mass is 19.1. The Balaban J connectivity index is 1.98. The zero-order chi connectivity index (χ0) is 18.0. The number of rotatable bonds is 4. The highest BCUT2D eigenvalue weighted by molar-refractivity contribution is 5.82. The van der Waals surface area contributed by atoms with Crippen LogP contribution < -0.4 is 22.1 Å². The molecule has 1 heterocycles. The molecule has 25 heavy (non-hydrogen) atoms. The van der Waals surface area contributed by atoms with Crippen LogP contribution in [0.1, 0.15) is 15.9 Å². The standard InChI is InChI=1S/C18H15FN4O2/c19-13-3-6-17-12(7-13)8-15(18(25)22-17)16(20)9-23(21)14-4-1-11(10-24)2-5-14/h1-10H,20-21H2,(H,22,25)/b16-9-. The zero-order valence-electron chi connectivity index (χ0n) is 13.1. The van der Waals surface area contributed by atoms with E-state index in [0.29, 0.717) is 22.2 Å². The molecule has 0 unspecified atom stereocenters. The first kappa shape index (κ1) is 16.4. The first-order valence-electron chi connectivity index (χ1n) is 7.37. The largest absolute Gasteiger partial charge is 0.397 e. The normalized spacial score (nSPS) is 11.5. The van der Waals surface area contributed by atoms with Crippen molar-refractivity contribution in [1.29, 1.82) is 0 Å². The van der Waals surface area contributed by atoms with Gasteiger partial charge in [-0.15, -0.1) is 0 Å². The van der Waals surface area contributed by atoms with E-state index in [0.717, 1.165) is 6.29 Å². The minimum atomic E-state index is -0.413. The maximum Gasteiger partial charge on any atom is 0.257 e. The van der Waals surface area contributed by atoms with Crippen molar-refractivity contribution in [1.82, 2.24) is 4.98 Å². The Bertz CT molecular complexity index is 1030. The van der Waals surface area contributed by atoms with Crippen molar-refractivity contribution in [2.75, 3.05) is 5.01 Å². The summed E-state index contributed by atoms with van der Waals surface area (Å²) in [5.41, 5.74) is 7.49. The first-order chi connectivity index (χ1) is 12.0. The molecule has 2 aromatic carbocycles. The number of pyridine rings is 1. The Kier molecular flexibility index (Phi) is 4.32. The summed E-state index contributed by atoms with van der Waals surface area (Å²) in [5, 5.41) is 1.75. The zero-order valence-corrected chi connectivity index (χ0v) is 13.1. The second-order valence-electron chi connectivity index (χ2n) is 5.44. The number of aldehydes is 1. The van der Waals surface area contributed by atoms with Crippen LogP contribution in [-0.2, 0) is 0 Å². The van der Waals surface area contributed by atoms with E-state index in [1.165, 1.54) is 35.5 Å². The summed E-state index contributed by atoms with van der Waals surface area (Å²) in [7, 11) is 0. The van der Waals surface area contributed by atoms with Gasteiger partial charge in [-0.3, -0.25) is 14.6 Å². The molecular weight excluding hydrogens is 323 g/mol. The molecule has 0 radical (unpaired) electrons. The number of aromatic nitrogens is 1. The number of nitrogens with one attached hydrogen (secondary N) is 1. The second-order valence-corrected chi connectivity index (χ2v) is 5.44. The van der Waals surface area contributed by atoms with Crippen molar-refractivity contribution in [3.8, 4) is 0 Å². The number of halogens is 1. The summed E-state index contributed by atoms with van der Waals surface area (Å²) < 4.78 is 13.4. The number of hydrogen-bond acceptors (Lipinski definition) is 5. The summed E-state index contributed by atoms with van der Waals surface area (Å²) in [6.45, 7) is 0. The fourth-order valence-corrected chi connectivity index (χ4v) is 2.41. The minimum absolute atomic E-state index is 0.120. The summed E-state index contributed by atoms with van der Waals surface area (Å²) in [6.07, 6.45) is 2.11. The van der Waals surface area contributed by atoms with Crippen molar-refractivity contribution in [3.63, 3.8) is 0 Å². The van der Waals surface area contributed by atoms with E-state index >= 15 is 0 Å².